The maximum atomic E-state index is 8.64. The van der Waals surface area contributed by atoms with Crippen molar-refractivity contribution in [3.63, 3.8) is 0 Å². The molecular weight excluding hydrogens is 350 g/mol. The lowest BCUT2D eigenvalue weighted by Crippen LogP contribution is -1.84. The molecule has 0 unspecified atom stereocenters. The van der Waals surface area contributed by atoms with E-state index in [0.717, 1.165) is 10.0 Å². The van der Waals surface area contributed by atoms with Crippen LogP contribution in [0, 0.1) is 11.3 Å². The van der Waals surface area contributed by atoms with Crippen LogP contribution < -0.4 is 0 Å². The quantitative estimate of drug-likeness (QED) is 0.697. The predicted molar refractivity (Wildman–Crippen MR) is 59.5 cm³/mol. The lowest BCUT2D eigenvalue weighted by atomic mass is 10.2. The Morgan fingerprint density at radius 3 is 2.50 bits per heavy atom. The summed E-state index contributed by atoms with van der Waals surface area (Å²) in [6, 6.07) is 7.56. The minimum atomic E-state index is 0.0766. The van der Waals surface area contributed by atoms with E-state index in [2.05, 4.69) is 53.9 Å². The number of benzene rings is 1. The molecule has 1 rings (SSSR count). The summed E-state index contributed by atoms with van der Waals surface area (Å²) >= 11 is 10.1. The highest BCUT2D eigenvalue weighted by molar-refractivity contribution is 9.24. The number of alkyl halides is 2. The molecule has 0 fully saturated rings. The second-order valence-electron chi connectivity index (χ2n) is 2.15. The van der Waals surface area contributed by atoms with Crippen LogP contribution in [-0.2, 0) is 0 Å². The van der Waals surface area contributed by atoms with Gasteiger partial charge in [-0.15, -0.1) is 0 Å². The fourth-order valence-electron chi connectivity index (χ4n) is 0.781. The van der Waals surface area contributed by atoms with Crippen LogP contribution >= 0.6 is 47.8 Å². The molecular formula is C8H4Br3N. The summed E-state index contributed by atoms with van der Waals surface area (Å²) in [6.07, 6.45) is 0. The third-order valence-electron chi connectivity index (χ3n) is 1.36. The van der Waals surface area contributed by atoms with Crippen molar-refractivity contribution in [2.24, 2.45) is 0 Å². The molecule has 0 saturated heterocycles. The fraction of sp³-hybridized carbons (Fsp3) is 0.125. The van der Waals surface area contributed by atoms with E-state index in [9.17, 15) is 0 Å². The molecule has 0 aliphatic carbocycles. The van der Waals surface area contributed by atoms with Gasteiger partial charge in [0.25, 0.3) is 0 Å². The first-order valence-electron chi connectivity index (χ1n) is 3.13. The third-order valence-corrected chi connectivity index (χ3v) is 3.07. The second-order valence-corrected chi connectivity index (χ2v) is 6.06. The van der Waals surface area contributed by atoms with Gasteiger partial charge in [-0.05, 0) is 23.8 Å². The number of rotatable bonds is 1. The zero-order valence-corrected chi connectivity index (χ0v) is 10.6. The van der Waals surface area contributed by atoms with Crippen molar-refractivity contribution in [1.82, 2.24) is 0 Å². The third kappa shape index (κ3) is 2.32. The highest BCUT2D eigenvalue weighted by Crippen LogP contribution is 2.34. The van der Waals surface area contributed by atoms with Gasteiger partial charge in [0.1, 0.15) is 0 Å². The van der Waals surface area contributed by atoms with Crippen LogP contribution in [0.5, 0.6) is 0 Å². The van der Waals surface area contributed by atoms with Crippen molar-refractivity contribution < 1.29 is 0 Å². The van der Waals surface area contributed by atoms with E-state index in [1.54, 1.807) is 6.07 Å². The number of halogens is 3. The maximum absolute atomic E-state index is 8.64. The van der Waals surface area contributed by atoms with Crippen LogP contribution in [0.15, 0.2) is 22.7 Å². The van der Waals surface area contributed by atoms with Gasteiger partial charge in [0.05, 0.1) is 15.4 Å². The molecule has 62 valence electrons. The van der Waals surface area contributed by atoms with Crippen LogP contribution in [0.2, 0.25) is 0 Å². The minimum Gasteiger partial charge on any atom is -0.192 e. The van der Waals surface area contributed by atoms with Crippen LogP contribution in [0.4, 0.5) is 0 Å². The van der Waals surface area contributed by atoms with Crippen molar-refractivity contribution in [1.29, 1.82) is 5.26 Å². The Bertz CT molecular complexity index is 328. The van der Waals surface area contributed by atoms with Crippen molar-refractivity contribution in [2.45, 2.75) is 3.74 Å². The van der Waals surface area contributed by atoms with E-state index < -0.39 is 0 Å². The van der Waals surface area contributed by atoms with Crippen LogP contribution in [-0.4, -0.2) is 0 Å². The highest BCUT2D eigenvalue weighted by atomic mass is 79.9. The first kappa shape index (κ1) is 10.2. The van der Waals surface area contributed by atoms with Crippen molar-refractivity contribution in [3.8, 4) is 6.07 Å². The van der Waals surface area contributed by atoms with Crippen LogP contribution in [0.3, 0.4) is 0 Å². The summed E-state index contributed by atoms with van der Waals surface area (Å²) < 4.78 is 1.06. The summed E-state index contributed by atoms with van der Waals surface area (Å²) in [5.74, 6) is 0. The highest BCUT2D eigenvalue weighted by Gasteiger charge is 2.07. The Labute approximate surface area is 96.2 Å². The van der Waals surface area contributed by atoms with Crippen LogP contribution in [0.1, 0.15) is 14.9 Å². The van der Waals surface area contributed by atoms with E-state index in [1.165, 1.54) is 0 Å². The summed E-state index contributed by atoms with van der Waals surface area (Å²) in [7, 11) is 0. The van der Waals surface area contributed by atoms with Gasteiger partial charge in [-0.1, -0.05) is 47.8 Å². The summed E-state index contributed by atoms with van der Waals surface area (Å²) in [6.45, 7) is 0. The van der Waals surface area contributed by atoms with E-state index in [-0.39, 0.29) is 3.74 Å². The Kier molecular flexibility index (Phi) is 3.76. The van der Waals surface area contributed by atoms with Gasteiger partial charge in [0, 0.05) is 4.47 Å². The summed E-state index contributed by atoms with van der Waals surface area (Å²) in [4.78, 5) is 0. The molecule has 0 N–H and O–H groups in total. The Morgan fingerprint density at radius 1 is 1.33 bits per heavy atom. The largest absolute Gasteiger partial charge is 0.192 e. The Hall–Kier alpha value is 0.150. The lowest BCUT2D eigenvalue weighted by molar-refractivity contribution is 1.36. The molecule has 0 aromatic heterocycles. The first-order chi connectivity index (χ1) is 5.65. The monoisotopic (exact) mass is 351 g/mol. The van der Waals surface area contributed by atoms with Crippen molar-refractivity contribution in [3.05, 3.63) is 33.8 Å². The Morgan fingerprint density at radius 2 is 2.00 bits per heavy atom. The first-order valence-corrected chi connectivity index (χ1v) is 5.75. The molecule has 1 aromatic carbocycles. The van der Waals surface area contributed by atoms with Gasteiger partial charge in [0.15, 0.2) is 0 Å². The van der Waals surface area contributed by atoms with Crippen molar-refractivity contribution in [2.75, 3.05) is 0 Å². The van der Waals surface area contributed by atoms with Gasteiger partial charge in [0.2, 0.25) is 0 Å². The van der Waals surface area contributed by atoms with E-state index in [4.69, 9.17) is 5.26 Å². The molecule has 4 heteroatoms. The Balaban J connectivity index is 3.19. The molecule has 0 atom stereocenters. The van der Waals surface area contributed by atoms with Gasteiger partial charge < -0.3 is 0 Å². The second kappa shape index (κ2) is 4.40. The SMILES string of the molecule is N#Cc1ccc(Br)c(C(Br)Br)c1. The molecule has 1 nitrogen and oxygen atoms in total. The van der Waals surface area contributed by atoms with Gasteiger partial charge in [-0.3, -0.25) is 0 Å². The zero-order valence-electron chi connectivity index (χ0n) is 5.89. The molecule has 0 amide bonds. The molecule has 0 saturated carbocycles. The number of hydrogen-bond donors (Lipinski definition) is 0. The number of nitriles is 1. The van der Waals surface area contributed by atoms with Crippen molar-refractivity contribution >= 4 is 47.8 Å². The van der Waals surface area contributed by atoms with E-state index >= 15 is 0 Å². The smallest absolute Gasteiger partial charge is 0.0991 e. The maximum Gasteiger partial charge on any atom is 0.0991 e. The van der Waals surface area contributed by atoms with E-state index in [0.29, 0.717) is 5.56 Å². The summed E-state index contributed by atoms with van der Waals surface area (Å²) in [5.41, 5.74) is 1.69. The number of nitrogens with zero attached hydrogens (tertiary/aromatic N) is 1. The predicted octanol–water partition coefficient (Wildman–Crippen LogP) is 4.11. The molecule has 0 heterocycles. The summed E-state index contributed by atoms with van der Waals surface area (Å²) in [5, 5.41) is 8.64. The molecule has 0 aliphatic rings. The number of hydrogen-bond acceptors (Lipinski definition) is 1. The van der Waals surface area contributed by atoms with Gasteiger partial charge in [-0.25, -0.2) is 0 Å². The average Bonchev–Trinajstić information content (AvgIpc) is 2.05. The molecule has 12 heavy (non-hydrogen) atoms. The van der Waals surface area contributed by atoms with Gasteiger partial charge in [-0.2, -0.15) is 5.26 Å². The fourth-order valence-corrected chi connectivity index (χ4v) is 2.63. The van der Waals surface area contributed by atoms with Crippen LogP contribution in [0.25, 0.3) is 0 Å². The molecule has 0 spiro atoms. The molecule has 1 aromatic rings. The topological polar surface area (TPSA) is 23.8 Å². The molecule has 0 radical (unpaired) electrons. The molecule has 0 aliphatic heterocycles. The van der Waals surface area contributed by atoms with Gasteiger partial charge >= 0.3 is 0 Å². The zero-order chi connectivity index (χ0) is 9.14. The molecule has 0 bridgehead atoms. The normalized spacial score (nSPS) is 9.92. The van der Waals surface area contributed by atoms with E-state index in [1.807, 2.05) is 12.1 Å². The standard InChI is InChI=1S/C8H4Br3N/c9-7-2-1-5(4-12)3-6(7)8(10)11/h1-3,8H. The lowest BCUT2D eigenvalue weighted by Gasteiger charge is -2.04. The average molecular weight is 354 g/mol. The minimum absolute atomic E-state index is 0.0766.